The van der Waals surface area contributed by atoms with Crippen molar-refractivity contribution in [3.63, 3.8) is 0 Å². The molecule has 0 radical (unpaired) electrons. The Morgan fingerprint density at radius 2 is 0.719 bits per heavy atom. The zero-order valence-electron chi connectivity index (χ0n) is 19.1. The van der Waals surface area contributed by atoms with E-state index >= 15 is 0 Å². The van der Waals surface area contributed by atoms with Gasteiger partial charge in [0.1, 0.15) is 0 Å². The minimum atomic E-state index is -6.00. The zero-order valence-corrected chi connectivity index (χ0v) is 19.1. The molecule has 0 bridgehead atoms. The fourth-order valence-electron chi connectivity index (χ4n) is 2.44. The lowest BCUT2D eigenvalue weighted by molar-refractivity contribution is -0.778. The van der Waals surface area contributed by atoms with Gasteiger partial charge in [-0.25, -0.2) is 0 Å². The third-order valence-corrected chi connectivity index (χ3v) is 4.13. The van der Waals surface area contributed by atoms with Crippen LogP contribution < -0.4 is 9.13 Å². The van der Waals surface area contributed by atoms with E-state index in [4.69, 9.17) is 0 Å². The Kier molecular flexibility index (Phi) is 10.9. The number of rotatable bonds is 3. The van der Waals surface area contributed by atoms with E-state index in [-0.39, 0.29) is 10.8 Å². The van der Waals surface area contributed by atoms with Gasteiger partial charge in [-0.05, 0) is 22.0 Å². The Bertz CT molecular complexity index is 710. The Morgan fingerprint density at radius 3 is 0.875 bits per heavy atom. The van der Waals surface area contributed by atoms with Gasteiger partial charge in [0.15, 0.2) is 24.8 Å². The highest BCUT2D eigenvalue weighted by Crippen LogP contribution is 2.21. The highest BCUT2D eigenvalue weighted by atomic mass is 19.5. The summed E-state index contributed by atoms with van der Waals surface area (Å²) >= 11 is 0. The molecule has 2 heterocycles. The number of pyridine rings is 2. The summed E-state index contributed by atoms with van der Waals surface area (Å²) in [6.07, 6.45) is 8.74. The minimum absolute atomic E-state index is 0.219. The standard InChI is InChI=1S/C20H30N2.2BF4/c1-19(2,3)17-7-11-21(12-8-17)15-16-22-13-9-18(10-14-22)20(4,5)6;2*2-1(3,4)5/h7-14H,15-16H2,1-6H3;;/q+2;2*-1. The van der Waals surface area contributed by atoms with Crippen LogP contribution in [0.3, 0.4) is 0 Å². The van der Waals surface area contributed by atoms with Gasteiger partial charge >= 0.3 is 14.5 Å². The largest absolute Gasteiger partial charge is 0.673 e. The molecule has 2 rings (SSSR count). The molecular weight excluding hydrogens is 442 g/mol. The number of halogens is 8. The molecule has 0 aliphatic heterocycles. The molecule has 32 heavy (non-hydrogen) atoms. The van der Waals surface area contributed by atoms with Crippen molar-refractivity contribution in [2.75, 3.05) is 0 Å². The van der Waals surface area contributed by atoms with Crippen molar-refractivity contribution >= 4 is 14.5 Å². The molecule has 0 spiro atoms. The summed E-state index contributed by atoms with van der Waals surface area (Å²) in [5.74, 6) is 0. The fraction of sp³-hybridized carbons (Fsp3) is 0.500. The molecule has 2 nitrogen and oxygen atoms in total. The third-order valence-electron chi connectivity index (χ3n) is 4.13. The minimum Gasteiger partial charge on any atom is -0.418 e. The van der Waals surface area contributed by atoms with Crippen molar-refractivity contribution < 1.29 is 43.7 Å². The van der Waals surface area contributed by atoms with Gasteiger partial charge < -0.3 is 34.5 Å². The molecule has 2 aromatic heterocycles. The number of hydrogen-bond donors (Lipinski definition) is 0. The summed E-state index contributed by atoms with van der Waals surface area (Å²) in [7, 11) is -12.0. The maximum atomic E-state index is 9.75. The molecule has 12 heteroatoms. The summed E-state index contributed by atoms with van der Waals surface area (Å²) in [6.45, 7) is 15.5. The second-order valence-corrected chi connectivity index (χ2v) is 9.14. The molecule has 0 atom stereocenters. The van der Waals surface area contributed by atoms with Gasteiger partial charge in [0.25, 0.3) is 0 Å². The van der Waals surface area contributed by atoms with Gasteiger partial charge in [-0.3, -0.25) is 0 Å². The predicted octanol–water partition coefficient (Wildman–Crippen LogP) is 6.16. The Hall–Kier alpha value is -2.13. The van der Waals surface area contributed by atoms with Crippen molar-refractivity contribution in [2.24, 2.45) is 0 Å². The van der Waals surface area contributed by atoms with E-state index in [9.17, 15) is 34.5 Å². The zero-order chi connectivity index (χ0) is 25.4. The van der Waals surface area contributed by atoms with Gasteiger partial charge in [-0.1, -0.05) is 41.5 Å². The fourth-order valence-corrected chi connectivity index (χ4v) is 2.44. The van der Waals surface area contributed by atoms with Crippen LogP contribution in [0, 0.1) is 0 Å². The van der Waals surface area contributed by atoms with Crippen LogP contribution in [0.5, 0.6) is 0 Å². The smallest absolute Gasteiger partial charge is 0.418 e. The van der Waals surface area contributed by atoms with Crippen LogP contribution in [-0.2, 0) is 23.9 Å². The van der Waals surface area contributed by atoms with Crippen molar-refractivity contribution in [3.8, 4) is 0 Å². The molecule has 0 saturated carbocycles. The molecule has 0 aliphatic carbocycles. The summed E-state index contributed by atoms with van der Waals surface area (Å²) in [6, 6.07) is 8.92. The highest BCUT2D eigenvalue weighted by molar-refractivity contribution is 6.50. The van der Waals surface area contributed by atoms with Crippen LogP contribution in [-0.4, -0.2) is 14.5 Å². The van der Waals surface area contributed by atoms with Crippen molar-refractivity contribution in [1.82, 2.24) is 0 Å². The lowest BCUT2D eigenvalue weighted by atomic mass is 9.88. The quantitative estimate of drug-likeness (QED) is 0.288. The second kappa shape index (κ2) is 11.7. The van der Waals surface area contributed by atoms with Crippen molar-refractivity contribution in [2.45, 2.75) is 65.5 Å². The molecule has 0 N–H and O–H groups in total. The molecule has 0 fully saturated rings. The number of nitrogens with zero attached hydrogens (tertiary/aromatic N) is 2. The number of aryl methyl sites for hydroxylation is 2. The van der Waals surface area contributed by atoms with E-state index in [1.54, 1.807) is 0 Å². The van der Waals surface area contributed by atoms with Crippen molar-refractivity contribution in [3.05, 3.63) is 60.2 Å². The molecule has 0 amide bonds. The first-order chi connectivity index (χ1) is 14.2. The molecule has 182 valence electrons. The monoisotopic (exact) mass is 472 g/mol. The van der Waals surface area contributed by atoms with Gasteiger partial charge in [-0.2, -0.15) is 9.13 Å². The molecule has 0 aromatic carbocycles. The van der Waals surface area contributed by atoms with Crippen LogP contribution in [0.25, 0.3) is 0 Å². The first-order valence-electron chi connectivity index (χ1n) is 9.90. The number of hydrogen-bond acceptors (Lipinski definition) is 0. The lowest BCUT2D eigenvalue weighted by Crippen LogP contribution is -2.44. The molecule has 0 saturated heterocycles. The van der Waals surface area contributed by atoms with Crippen molar-refractivity contribution in [1.29, 1.82) is 0 Å². The van der Waals surface area contributed by atoms with E-state index in [0.717, 1.165) is 13.1 Å². The first kappa shape index (κ1) is 29.9. The van der Waals surface area contributed by atoms with Crippen LogP contribution in [0.4, 0.5) is 34.5 Å². The topological polar surface area (TPSA) is 7.76 Å². The van der Waals surface area contributed by atoms with E-state index < -0.39 is 14.5 Å². The van der Waals surface area contributed by atoms with Gasteiger partial charge in [0.2, 0.25) is 13.1 Å². The predicted molar refractivity (Wildman–Crippen MR) is 111 cm³/mol. The van der Waals surface area contributed by atoms with E-state index in [1.165, 1.54) is 11.1 Å². The van der Waals surface area contributed by atoms with Crippen LogP contribution in [0.2, 0.25) is 0 Å². The number of aromatic nitrogens is 2. The molecular formula is C20H30B2F8N2. The molecule has 0 aliphatic rings. The van der Waals surface area contributed by atoms with Gasteiger partial charge in [0, 0.05) is 24.3 Å². The van der Waals surface area contributed by atoms with Crippen LogP contribution in [0.15, 0.2) is 49.1 Å². The summed E-state index contributed by atoms with van der Waals surface area (Å²) < 4.78 is 82.5. The lowest BCUT2D eigenvalue weighted by Gasteiger charge is -2.17. The van der Waals surface area contributed by atoms with E-state index in [1.807, 2.05) is 0 Å². The first-order valence-corrected chi connectivity index (χ1v) is 9.90. The Balaban J connectivity index is 0.000000805. The summed E-state index contributed by atoms with van der Waals surface area (Å²) in [5.41, 5.74) is 3.20. The summed E-state index contributed by atoms with van der Waals surface area (Å²) in [5, 5.41) is 0. The maximum Gasteiger partial charge on any atom is 0.673 e. The Labute approximate surface area is 184 Å². The molecule has 0 unspecified atom stereocenters. The van der Waals surface area contributed by atoms with E-state index in [2.05, 4.69) is 99.7 Å². The summed E-state index contributed by atoms with van der Waals surface area (Å²) in [4.78, 5) is 0. The molecule has 2 aromatic rings. The average Bonchev–Trinajstić information content (AvgIpc) is 2.56. The van der Waals surface area contributed by atoms with Crippen LogP contribution in [0.1, 0.15) is 52.7 Å². The highest BCUT2D eigenvalue weighted by Gasteiger charge is 2.21. The second-order valence-electron chi connectivity index (χ2n) is 9.14. The maximum absolute atomic E-state index is 9.75. The van der Waals surface area contributed by atoms with E-state index in [0.29, 0.717) is 0 Å². The Morgan fingerprint density at radius 1 is 0.531 bits per heavy atom. The third kappa shape index (κ3) is 16.5. The SMILES string of the molecule is CC(C)(C)c1cc[n+](CC[n+]2ccc(C(C)(C)C)cc2)cc1.F[B-](F)(F)F.F[B-](F)(F)F. The van der Waals surface area contributed by atoms with Gasteiger partial charge in [0.05, 0.1) is 0 Å². The van der Waals surface area contributed by atoms with Gasteiger partial charge in [-0.15, -0.1) is 0 Å². The normalized spacial score (nSPS) is 12.3. The average molecular weight is 472 g/mol. The van der Waals surface area contributed by atoms with Crippen LogP contribution >= 0.6 is 0 Å².